The number of hydrogen-bond donors (Lipinski definition) is 2. The summed E-state index contributed by atoms with van der Waals surface area (Å²) < 4.78 is 27.6. The van der Waals surface area contributed by atoms with Crippen LogP contribution in [0.2, 0.25) is 0 Å². The Morgan fingerprint density at radius 1 is 1.11 bits per heavy atom. The number of rotatable bonds is 3. The van der Waals surface area contributed by atoms with Crippen LogP contribution >= 0.6 is 0 Å². The highest BCUT2D eigenvalue weighted by Gasteiger charge is 2.48. The molecule has 1 spiro atoms. The maximum Gasteiger partial charge on any atom is 0.240 e. The van der Waals surface area contributed by atoms with Crippen molar-refractivity contribution in [3.63, 3.8) is 0 Å². The van der Waals surface area contributed by atoms with Gasteiger partial charge in [-0.3, -0.25) is 0 Å². The molecule has 1 saturated heterocycles. The lowest BCUT2D eigenvalue weighted by Crippen LogP contribution is -2.58. The van der Waals surface area contributed by atoms with Gasteiger partial charge in [-0.2, -0.15) is 0 Å². The van der Waals surface area contributed by atoms with E-state index < -0.39 is 10.0 Å². The van der Waals surface area contributed by atoms with Crippen molar-refractivity contribution < 1.29 is 8.42 Å². The van der Waals surface area contributed by atoms with E-state index in [9.17, 15) is 8.42 Å². The average Bonchev–Trinajstić information content (AvgIpc) is 2.46. The molecule has 1 atom stereocenters. The SMILES string of the molecule is O=S(=O)(N[C@H]1CCC12CCNCC2)c1ccccc1. The Morgan fingerprint density at radius 2 is 1.79 bits per heavy atom. The van der Waals surface area contributed by atoms with Crippen molar-refractivity contribution in [2.24, 2.45) is 5.41 Å². The van der Waals surface area contributed by atoms with Gasteiger partial charge in [-0.05, 0) is 56.3 Å². The molecule has 0 bridgehead atoms. The van der Waals surface area contributed by atoms with Crippen LogP contribution in [0.3, 0.4) is 0 Å². The summed E-state index contributed by atoms with van der Waals surface area (Å²) in [6.07, 6.45) is 4.27. The Bertz CT molecular complexity index is 536. The van der Waals surface area contributed by atoms with Crippen LogP contribution in [0.4, 0.5) is 0 Å². The van der Waals surface area contributed by atoms with E-state index in [1.54, 1.807) is 24.3 Å². The van der Waals surface area contributed by atoms with Crippen molar-refractivity contribution in [1.29, 1.82) is 0 Å². The summed E-state index contributed by atoms with van der Waals surface area (Å²) >= 11 is 0. The molecule has 1 saturated carbocycles. The van der Waals surface area contributed by atoms with Crippen molar-refractivity contribution in [2.75, 3.05) is 13.1 Å². The van der Waals surface area contributed by atoms with E-state index >= 15 is 0 Å². The Balaban J connectivity index is 1.75. The van der Waals surface area contributed by atoms with Crippen LogP contribution in [0.15, 0.2) is 35.2 Å². The van der Waals surface area contributed by atoms with Gasteiger partial charge in [0.1, 0.15) is 0 Å². The molecule has 0 unspecified atom stereocenters. The van der Waals surface area contributed by atoms with E-state index in [0.29, 0.717) is 4.90 Å². The first kappa shape index (κ1) is 13.1. The van der Waals surface area contributed by atoms with Gasteiger partial charge in [0.05, 0.1) is 4.90 Å². The van der Waals surface area contributed by atoms with E-state index in [4.69, 9.17) is 0 Å². The zero-order chi connectivity index (χ0) is 13.3. The largest absolute Gasteiger partial charge is 0.317 e. The minimum Gasteiger partial charge on any atom is -0.317 e. The molecular formula is C14H20N2O2S. The van der Waals surface area contributed by atoms with Gasteiger partial charge in [-0.1, -0.05) is 18.2 Å². The fourth-order valence-corrected chi connectivity index (χ4v) is 4.65. The van der Waals surface area contributed by atoms with Crippen LogP contribution in [0.5, 0.6) is 0 Å². The predicted octanol–water partition coefficient (Wildman–Crippen LogP) is 1.50. The molecule has 1 aromatic rings. The van der Waals surface area contributed by atoms with Crippen LogP contribution in [0.1, 0.15) is 25.7 Å². The third-order valence-electron chi connectivity index (χ3n) is 4.62. The lowest BCUT2D eigenvalue weighted by atomic mass is 9.60. The number of nitrogens with one attached hydrogen (secondary N) is 2. The number of piperidine rings is 1. The molecule has 0 aromatic heterocycles. The van der Waals surface area contributed by atoms with Crippen molar-refractivity contribution in [1.82, 2.24) is 10.0 Å². The van der Waals surface area contributed by atoms with Crippen LogP contribution in [-0.2, 0) is 10.0 Å². The minimum atomic E-state index is -3.37. The van der Waals surface area contributed by atoms with Crippen LogP contribution in [0.25, 0.3) is 0 Å². The summed E-state index contributed by atoms with van der Waals surface area (Å²) in [5.41, 5.74) is 0.201. The van der Waals surface area contributed by atoms with Gasteiger partial charge >= 0.3 is 0 Å². The minimum absolute atomic E-state index is 0.111. The normalized spacial score (nSPS) is 26.0. The standard InChI is InChI=1S/C14H20N2O2S/c17-19(18,12-4-2-1-3-5-12)16-13-6-7-14(13)8-10-15-11-9-14/h1-5,13,15-16H,6-11H2/t13-/m0/s1. The summed E-state index contributed by atoms with van der Waals surface area (Å²) in [6, 6.07) is 8.76. The molecule has 0 radical (unpaired) electrons. The second-order valence-electron chi connectivity index (χ2n) is 5.64. The van der Waals surface area contributed by atoms with Gasteiger partial charge < -0.3 is 5.32 Å². The molecule has 19 heavy (non-hydrogen) atoms. The van der Waals surface area contributed by atoms with Gasteiger partial charge in [0, 0.05) is 6.04 Å². The van der Waals surface area contributed by atoms with E-state index in [1.165, 1.54) is 0 Å². The third-order valence-corrected chi connectivity index (χ3v) is 6.11. The van der Waals surface area contributed by atoms with Gasteiger partial charge in [-0.15, -0.1) is 0 Å². The first-order valence-electron chi connectivity index (χ1n) is 6.91. The van der Waals surface area contributed by atoms with Crippen molar-refractivity contribution in [2.45, 2.75) is 36.6 Å². The van der Waals surface area contributed by atoms with Gasteiger partial charge in [-0.25, -0.2) is 13.1 Å². The Labute approximate surface area is 114 Å². The second-order valence-corrected chi connectivity index (χ2v) is 7.35. The first-order chi connectivity index (χ1) is 9.12. The Morgan fingerprint density at radius 3 is 2.37 bits per heavy atom. The van der Waals surface area contributed by atoms with Crippen molar-refractivity contribution >= 4 is 10.0 Å². The molecule has 1 aromatic carbocycles. The Kier molecular flexibility index (Phi) is 3.37. The highest BCUT2D eigenvalue weighted by molar-refractivity contribution is 7.89. The summed E-state index contributed by atoms with van der Waals surface area (Å²) in [5.74, 6) is 0. The summed E-state index contributed by atoms with van der Waals surface area (Å²) in [7, 11) is -3.37. The zero-order valence-electron chi connectivity index (χ0n) is 10.9. The Hall–Kier alpha value is -0.910. The molecule has 1 aliphatic heterocycles. The van der Waals surface area contributed by atoms with E-state index in [2.05, 4.69) is 10.0 Å². The molecule has 3 rings (SSSR count). The van der Waals surface area contributed by atoms with Gasteiger partial charge in [0.15, 0.2) is 0 Å². The summed E-state index contributed by atoms with van der Waals surface area (Å²) in [6.45, 7) is 2.01. The van der Waals surface area contributed by atoms with Crippen LogP contribution < -0.4 is 10.0 Å². The monoisotopic (exact) mass is 280 g/mol. The zero-order valence-corrected chi connectivity index (χ0v) is 11.7. The maximum atomic E-state index is 12.3. The molecular weight excluding hydrogens is 260 g/mol. The van der Waals surface area contributed by atoms with Crippen LogP contribution in [-0.4, -0.2) is 27.5 Å². The molecule has 0 amide bonds. The summed E-state index contributed by atoms with van der Waals surface area (Å²) in [5, 5.41) is 3.35. The first-order valence-corrected chi connectivity index (χ1v) is 8.39. The molecule has 4 nitrogen and oxygen atoms in total. The third kappa shape index (κ3) is 2.42. The van der Waals surface area contributed by atoms with Gasteiger partial charge in [0.25, 0.3) is 0 Å². The van der Waals surface area contributed by atoms with E-state index in [1.807, 2.05) is 6.07 Å². The number of hydrogen-bond acceptors (Lipinski definition) is 3. The molecule has 1 heterocycles. The van der Waals surface area contributed by atoms with E-state index in [0.717, 1.165) is 38.8 Å². The smallest absolute Gasteiger partial charge is 0.240 e. The fraction of sp³-hybridized carbons (Fsp3) is 0.571. The fourth-order valence-electron chi connectivity index (χ4n) is 3.26. The molecule has 2 fully saturated rings. The van der Waals surface area contributed by atoms with Crippen LogP contribution in [0, 0.1) is 5.41 Å². The molecule has 104 valence electrons. The topological polar surface area (TPSA) is 58.2 Å². The molecule has 5 heteroatoms. The average molecular weight is 280 g/mol. The predicted molar refractivity (Wildman–Crippen MR) is 74.3 cm³/mol. The highest BCUT2D eigenvalue weighted by atomic mass is 32.2. The highest BCUT2D eigenvalue weighted by Crippen LogP contribution is 2.48. The quantitative estimate of drug-likeness (QED) is 0.882. The molecule has 2 aliphatic rings. The lowest BCUT2D eigenvalue weighted by molar-refractivity contribution is 0.0437. The molecule has 2 N–H and O–H groups in total. The van der Waals surface area contributed by atoms with Crippen molar-refractivity contribution in [3.8, 4) is 0 Å². The number of sulfonamides is 1. The van der Waals surface area contributed by atoms with Crippen molar-refractivity contribution in [3.05, 3.63) is 30.3 Å². The lowest BCUT2D eigenvalue weighted by Gasteiger charge is -2.52. The van der Waals surface area contributed by atoms with Gasteiger partial charge in [0.2, 0.25) is 10.0 Å². The molecule has 1 aliphatic carbocycles. The number of benzene rings is 1. The second kappa shape index (κ2) is 4.89. The maximum absolute atomic E-state index is 12.3. The summed E-state index contributed by atoms with van der Waals surface area (Å²) in [4.78, 5) is 0.367. The van der Waals surface area contributed by atoms with E-state index in [-0.39, 0.29) is 11.5 Å².